The number of carbonyl (C=O) groups excluding carboxylic acids is 1. The fourth-order valence-electron chi connectivity index (χ4n) is 1.43. The SMILES string of the molecule is CCc1cnc(CNC(=O)c2cc(Br)cnc2Cl)o1. The molecule has 2 rings (SSSR count). The van der Waals surface area contributed by atoms with Gasteiger partial charge in [0.1, 0.15) is 10.9 Å². The summed E-state index contributed by atoms with van der Waals surface area (Å²) < 4.78 is 6.08. The molecule has 7 heteroatoms. The van der Waals surface area contributed by atoms with Gasteiger partial charge in [-0.15, -0.1) is 0 Å². The molecule has 2 heterocycles. The van der Waals surface area contributed by atoms with E-state index in [1.807, 2.05) is 6.92 Å². The highest BCUT2D eigenvalue weighted by molar-refractivity contribution is 9.10. The number of aromatic nitrogens is 2. The van der Waals surface area contributed by atoms with Gasteiger partial charge < -0.3 is 9.73 Å². The largest absolute Gasteiger partial charge is 0.444 e. The zero-order valence-electron chi connectivity index (χ0n) is 10.1. The summed E-state index contributed by atoms with van der Waals surface area (Å²) in [6, 6.07) is 1.61. The molecule has 0 unspecified atom stereocenters. The van der Waals surface area contributed by atoms with Gasteiger partial charge in [0.15, 0.2) is 0 Å². The minimum Gasteiger partial charge on any atom is -0.444 e. The number of nitrogens with one attached hydrogen (secondary N) is 1. The lowest BCUT2D eigenvalue weighted by atomic mass is 10.2. The van der Waals surface area contributed by atoms with E-state index in [4.69, 9.17) is 16.0 Å². The van der Waals surface area contributed by atoms with Crippen LogP contribution in [0.2, 0.25) is 5.15 Å². The first-order valence-electron chi connectivity index (χ1n) is 5.63. The second-order valence-corrected chi connectivity index (χ2v) is 5.02. The molecule has 1 amide bonds. The third-order valence-electron chi connectivity index (χ3n) is 2.40. The van der Waals surface area contributed by atoms with Crippen LogP contribution in [0, 0.1) is 0 Å². The second kappa shape index (κ2) is 6.16. The summed E-state index contributed by atoms with van der Waals surface area (Å²) in [5.74, 6) is 0.922. The van der Waals surface area contributed by atoms with Crippen molar-refractivity contribution in [1.82, 2.24) is 15.3 Å². The van der Waals surface area contributed by atoms with Gasteiger partial charge in [0, 0.05) is 17.1 Å². The summed E-state index contributed by atoms with van der Waals surface area (Å²) in [4.78, 5) is 19.9. The highest BCUT2D eigenvalue weighted by Gasteiger charge is 2.13. The molecule has 0 spiro atoms. The first-order chi connectivity index (χ1) is 9.10. The van der Waals surface area contributed by atoms with Gasteiger partial charge in [0.05, 0.1) is 18.3 Å². The molecule has 2 aromatic rings. The number of aryl methyl sites for hydroxylation is 1. The Morgan fingerprint density at radius 1 is 1.47 bits per heavy atom. The average Bonchev–Trinajstić information content (AvgIpc) is 2.87. The van der Waals surface area contributed by atoms with Crippen LogP contribution in [-0.2, 0) is 13.0 Å². The van der Waals surface area contributed by atoms with Crippen LogP contribution < -0.4 is 5.32 Å². The molecule has 0 atom stereocenters. The predicted molar refractivity (Wildman–Crippen MR) is 74.0 cm³/mol. The minimum absolute atomic E-state index is 0.155. The van der Waals surface area contributed by atoms with E-state index in [2.05, 4.69) is 31.2 Å². The lowest BCUT2D eigenvalue weighted by molar-refractivity contribution is 0.0947. The Morgan fingerprint density at radius 3 is 2.95 bits per heavy atom. The third-order valence-corrected chi connectivity index (χ3v) is 3.14. The van der Waals surface area contributed by atoms with Crippen molar-refractivity contribution in [3.8, 4) is 0 Å². The van der Waals surface area contributed by atoms with Gasteiger partial charge in [-0.25, -0.2) is 9.97 Å². The predicted octanol–water partition coefficient (Wildman–Crippen LogP) is 2.98. The van der Waals surface area contributed by atoms with E-state index in [0.29, 0.717) is 15.9 Å². The van der Waals surface area contributed by atoms with Crippen molar-refractivity contribution in [3.63, 3.8) is 0 Å². The number of oxazole rings is 1. The molecular formula is C12H11BrClN3O2. The molecule has 0 fully saturated rings. The van der Waals surface area contributed by atoms with Crippen molar-refractivity contribution in [2.24, 2.45) is 0 Å². The molecular weight excluding hydrogens is 334 g/mol. The lowest BCUT2D eigenvalue weighted by Gasteiger charge is -2.04. The van der Waals surface area contributed by atoms with Crippen molar-refractivity contribution >= 4 is 33.4 Å². The first kappa shape index (κ1) is 14.0. The zero-order chi connectivity index (χ0) is 13.8. The van der Waals surface area contributed by atoms with Crippen molar-refractivity contribution in [2.75, 3.05) is 0 Å². The number of rotatable bonds is 4. The monoisotopic (exact) mass is 343 g/mol. The number of hydrogen-bond acceptors (Lipinski definition) is 4. The second-order valence-electron chi connectivity index (χ2n) is 3.75. The number of carbonyl (C=O) groups is 1. The average molecular weight is 345 g/mol. The van der Waals surface area contributed by atoms with Crippen LogP contribution in [0.15, 0.2) is 27.3 Å². The normalized spacial score (nSPS) is 10.5. The molecule has 2 aromatic heterocycles. The summed E-state index contributed by atoms with van der Waals surface area (Å²) in [7, 11) is 0. The standard InChI is InChI=1S/C12H11BrClN3O2/c1-2-8-5-15-10(19-8)6-17-12(18)9-3-7(13)4-16-11(9)14/h3-5H,2,6H2,1H3,(H,17,18). The van der Waals surface area contributed by atoms with Crippen LogP contribution in [0.1, 0.15) is 28.9 Å². The number of pyridine rings is 1. The number of halogens is 2. The highest BCUT2D eigenvalue weighted by Crippen LogP contribution is 2.18. The maximum atomic E-state index is 11.9. The maximum absolute atomic E-state index is 11.9. The van der Waals surface area contributed by atoms with Crippen LogP contribution >= 0.6 is 27.5 Å². The molecule has 0 saturated carbocycles. The lowest BCUT2D eigenvalue weighted by Crippen LogP contribution is -2.23. The van der Waals surface area contributed by atoms with Gasteiger partial charge in [0.2, 0.25) is 5.89 Å². The molecule has 0 bridgehead atoms. The topological polar surface area (TPSA) is 68.0 Å². The van der Waals surface area contributed by atoms with E-state index < -0.39 is 0 Å². The molecule has 19 heavy (non-hydrogen) atoms. The van der Waals surface area contributed by atoms with Crippen molar-refractivity contribution < 1.29 is 9.21 Å². The first-order valence-corrected chi connectivity index (χ1v) is 6.80. The zero-order valence-corrected chi connectivity index (χ0v) is 12.5. The van der Waals surface area contributed by atoms with Crippen molar-refractivity contribution in [1.29, 1.82) is 0 Å². The Morgan fingerprint density at radius 2 is 2.26 bits per heavy atom. The number of amides is 1. The van der Waals surface area contributed by atoms with Crippen LogP contribution in [0.3, 0.4) is 0 Å². The summed E-state index contributed by atoms with van der Waals surface area (Å²) in [6.45, 7) is 2.18. The Labute approximate surface area is 123 Å². The molecule has 1 N–H and O–H groups in total. The van der Waals surface area contributed by atoms with Gasteiger partial charge in [0.25, 0.3) is 5.91 Å². The van der Waals surface area contributed by atoms with Crippen LogP contribution in [0.25, 0.3) is 0 Å². The highest BCUT2D eigenvalue weighted by atomic mass is 79.9. The Hall–Kier alpha value is -1.40. The molecule has 0 aliphatic carbocycles. The van der Waals surface area contributed by atoms with E-state index in [-0.39, 0.29) is 17.6 Å². The molecule has 0 saturated heterocycles. The Balaban J connectivity index is 2.03. The van der Waals surface area contributed by atoms with E-state index in [0.717, 1.165) is 12.2 Å². The Bertz CT molecular complexity index is 600. The summed E-state index contributed by atoms with van der Waals surface area (Å²) in [5, 5.41) is 2.84. The summed E-state index contributed by atoms with van der Waals surface area (Å²) in [6.07, 6.45) is 3.94. The van der Waals surface area contributed by atoms with Crippen LogP contribution in [-0.4, -0.2) is 15.9 Å². The molecule has 5 nitrogen and oxygen atoms in total. The number of hydrogen-bond donors (Lipinski definition) is 1. The van der Waals surface area contributed by atoms with Gasteiger partial charge in [-0.1, -0.05) is 18.5 Å². The summed E-state index contributed by atoms with van der Waals surface area (Å²) in [5.41, 5.74) is 0.304. The Kier molecular flexibility index (Phi) is 4.55. The van der Waals surface area contributed by atoms with Crippen LogP contribution in [0.4, 0.5) is 0 Å². The third kappa shape index (κ3) is 3.54. The van der Waals surface area contributed by atoms with E-state index >= 15 is 0 Å². The number of nitrogens with zero attached hydrogens (tertiary/aromatic N) is 2. The van der Waals surface area contributed by atoms with Gasteiger partial charge >= 0.3 is 0 Å². The van der Waals surface area contributed by atoms with E-state index in [1.165, 1.54) is 6.20 Å². The molecule has 0 aromatic carbocycles. The fourth-order valence-corrected chi connectivity index (χ4v) is 1.95. The fraction of sp³-hybridized carbons (Fsp3) is 0.250. The smallest absolute Gasteiger partial charge is 0.254 e. The summed E-state index contributed by atoms with van der Waals surface area (Å²) >= 11 is 9.11. The molecule has 0 radical (unpaired) electrons. The van der Waals surface area contributed by atoms with Gasteiger partial charge in [-0.2, -0.15) is 0 Å². The quantitative estimate of drug-likeness (QED) is 0.866. The van der Waals surface area contributed by atoms with E-state index in [1.54, 1.807) is 12.3 Å². The minimum atomic E-state index is -0.324. The van der Waals surface area contributed by atoms with Crippen LogP contribution in [0.5, 0.6) is 0 Å². The van der Waals surface area contributed by atoms with Crippen molar-refractivity contribution in [2.45, 2.75) is 19.9 Å². The molecule has 0 aliphatic rings. The molecule has 100 valence electrons. The van der Waals surface area contributed by atoms with Gasteiger partial charge in [-0.3, -0.25) is 4.79 Å². The molecule has 0 aliphatic heterocycles. The van der Waals surface area contributed by atoms with Crippen molar-refractivity contribution in [3.05, 3.63) is 45.3 Å². The maximum Gasteiger partial charge on any atom is 0.254 e. The van der Waals surface area contributed by atoms with Gasteiger partial charge in [-0.05, 0) is 22.0 Å². The van der Waals surface area contributed by atoms with E-state index in [9.17, 15) is 4.79 Å².